The molecule has 0 aromatic carbocycles. The molecule has 2 rings (SSSR count). The van der Waals surface area contributed by atoms with Crippen molar-refractivity contribution in [3.05, 3.63) is 16.3 Å². The lowest BCUT2D eigenvalue weighted by Gasteiger charge is -2.31. The number of hydrogen-bond donors (Lipinski definition) is 0. The van der Waals surface area contributed by atoms with Gasteiger partial charge in [0.25, 0.3) is 5.91 Å². The average Bonchev–Trinajstić information content (AvgIpc) is 2.86. The summed E-state index contributed by atoms with van der Waals surface area (Å²) in [5.41, 5.74) is 0. The lowest BCUT2D eigenvalue weighted by Crippen LogP contribution is -2.46. The molecular formula is C11H14ClNO3S. The third kappa shape index (κ3) is 2.91. The van der Waals surface area contributed by atoms with Crippen LogP contribution in [0.4, 0.5) is 0 Å². The maximum Gasteiger partial charge on any atom is 0.264 e. The molecule has 0 bridgehead atoms. The number of methoxy groups -OCH3 is 1. The first-order valence-electron chi connectivity index (χ1n) is 5.34. The fourth-order valence-corrected chi connectivity index (χ4v) is 2.70. The summed E-state index contributed by atoms with van der Waals surface area (Å²) in [4.78, 5) is 14.6. The predicted octanol–water partition coefficient (Wildman–Crippen LogP) is 1.84. The first-order valence-corrected chi connectivity index (χ1v) is 6.75. The molecule has 0 radical (unpaired) electrons. The Labute approximate surface area is 109 Å². The van der Waals surface area contributed by atoms with E-state index in [9.17, 15) is 4.79 Å². The van der Waals surface area contributed by atoms with E-state index in [4.69, 9.17) is 21.1 Å². The van der Waals surface area contributed by atoms with Gasteiger partial charge in [0.2, 0.25) is 0 Å². The van der Waals surface area contributed by atoms with Crippen LogP contribution in [0.15, 0.2) is 11.4 Å². The van der Waals surface area contributed by atoms with Gasteiger partial charge in [0.05, 0.1) is 30.6 Å². The van der Waals surface area contributed by atoms with E-state index in [0.29, 0.717) is 30.5 Å². The number of hydrogen-bond acceptors (Lipinski definition) is 4. The minimum Gasteiger partial charge on any atom is -0.496 e. The van der Waals surface area contributed by atoms with Crippen LogP contribution in [0.3, 0.4) is 0 Å². The van der Waals surface area contributed by atoms with Crippen LogP contribution in [0.5, 0.6) is 5.75 Å². The fourth-order valence-electron chi connectivity index (χ4n) is 1.69. The number of morpholine rings is 1. The third-order valence-electron chi connectivity index (χ3n) is 2.62. The monoisotopic (exact) mass is 275 g/mol. The normalized spacial score (nSPS) is 20.4. The molecule has 4 nitrogen and oxygen atoms in total. The summed E-state index contributed by atoms with van der Waals surface area (Å²) in [6.45, 7) is 1.72. The second-order valence-corrected chi connectivity index (χ2v) is 4.97. The lowest BCUT2D eigenvalue weighted by molar-refractivity contribution is -0.0106. The summed E-state index contributed by atoms with van der Waals surface area (Å²) in [6, 6.07) is 1.76. The van der Waals surface area contributed by atoms with Gasteiger partial charge >= 0.3 is 0 Å². The van der Waals surface area contributed by atoms with Crippen molar-refractivity contribution in [3.63, 3.8) is 0 Å². The zero-order valence-corrected chi connectivity index (χ0v) is 11.1. The molecule has 1 atom stereocenters. The molecule has 0 aliphatic carbocycles. The fraction of sp³-hybridized carbons (Fsp3) is 0.545. The number of amides is 1. The third-order valence-corrected chi connectivity index (χ3v) is 3.86. The Hall–Kier alpha value is -0.780. The number of thiophene rings is 1. The summed E-state index contributed by atoms with van der Waals surface area (Å²) in [5.74, 6) is 1.16. The molecule has 17 heavy (non-hydrogen) atoms. The van der Waals surface area contributed by atoms with Crippen LogP contribution in [0, 0.1) is 0 Å². The molecule has 1 fully saturated rings. The molecule has 0 spiro atoms. The molecule has 0 N–H and O–H groups in total. The molecule has 94 valence electrons. The smallest absolute Gasteiger partial charge is 0.264 e. The topological polar surface area (TPSA) is 38.8 Å². The minimum absolute atomic E-state index is 0.0247. The van der Waals surface area contributed by atoms with E-state index in [1.807, 2.05) is 5.38 Å². The van der Waals surface area contributed by atoms with Gasteiger partial charge in [-0.15, -0.1) is 22.9 Å². The second kappa shape index (κ2) is 5.71. The van der Waals surface area contributed by atoms with E-state index in [0.717, 1.165) is 5.75 Å². The van der Waals surface area contributed by atoms with Crippen molar-refractivity contribution in [2.45, 2.75) is 6.10 Å². The van der Waals surface area contributed by atoms with Crippen molar-refractivity contribution in [3.8, 4) is 5.75 Å². The van der Waals surface area contributed by atoms with Gasteiger partial charge in [-0.3, -0.25) is 4.79 Å². The zero-order chi connectivity index (χ0) is 12.3. The highest BCUT2D eigenvalue weighted by Crippen LogP contribution is 2.23. The average molecular weight is 276 g/mol. The highest BCUT2D eigenvalue weighted by Gasteiger charge is 2.25. The number of rotatable bonds is 3. The van der Waals surface area contributed by atoms with E-state index in [1.165, 1.54) is 11.3 Å². The van der Waals surface area contributed by atoms with Gasteiger partial charge in [-0.25, -0.2) is 0 Å². The van der Waals surface area contributed by atoms with Crippen LogP contribution in [0.1, 0.15) is 9.67 Å². The van der Waals surface area contributed by atoms with Crippen LogP contribution >= 0.6 is 22.9 Å². The van der Waals surface area contributed by atoms with Gasteiger partial charge in [0.15, 0.2) is 0 Å². The molecule has 1 aromatic heterocycles. The molecule has 6 heteroatoms. The Bertz CT molecular complexity index is 396. The van der Waals surface area contributed by atoms with Crippen molar-refractivity contribution in [1.29, 1.82) is 0 Å². The van der Waals surface area contributed by atoms with E-state index in [1.54, 1.807) is 18.1 Å². The van der Waals surface area contributed by atoms with Crippen molar-refractivity contribution < 1.29 is 14.3 Å². The van der Waals surface area contributed by atoms with Crippen LogP contribution in [0.2, 0.25) is 0 Å². The number of carbonyl (C=O) groups is 1. The lowest BCUT2D eigenvalue weighted by atomic mass is 10.3. The summed E-state index contributed by atoms with van der Waals surface area (Å²) >= 11 is 7.14. The van der Waals surface area contributed by atoms with Crippen LogP contribution in [-0.4, -0.2) is 49.6 Å². The SMILES string of the molecule is COc1csc(C(=O)N2CCOC(CCl)C2)c1. The molecule has 0 saturated carbocycles. The maximum atomic E-state index is 12.2. The van der Waals surface area contributed by atoms with Gasteiger partial charge in [-0.2, -0.15) is 0 Å². The molecule has 1 aliphatic rings. The molecule has 2 heterocycles. The largest absolute Gasteiger partial charge is 0.496 e. The molecule has 1 amide bonds. The molecule has 1 saturated heterocycles. The summed E-state index contributed by atoms with van der Waals surface area (Å²) in [6.07, 6.45) is -0.0591. The molecule has 1 unspecified atom stereocenters. The number of ether oxygens (including phenoxy) is 2. The van der Waals surface area contributed by atoms with Gasteiger partial charge in [0.1, 0.15) is 5.75 Å². The Morgan fingerprint density at radius 1 is 1.76 bits per heavy atom. The van der Waals surface area contributed by atoms with Gasteiger partial charge in [-0.1, -0.05) is 0 Å². The first kappa shape index (κ1) is 12.7. The number of nitrogens with zero attached hydrogens (tertiary/aromatic N) is 1. The van der Waals surface area contributed by atoms with Gasteiger partial charge in [-0.05, 0) is 0 Å². The Balaban J connectivity index is 2.03. The van der Waals surface area contributed by atoms with Gasteiger partial charge in [0, 0.05) is 24.5 Å². The zero-order valence-electron chi connectivity index (χ0n) is 9.52. The molecular weight excluding hydrogens is 262 g/mol. The van der Waals surface area contributed by atoms with E-state index < -0.39 is 0 Å². The quantitative estimate of drug-likeness (QED) is 0.790. The van der Waals surface area contributed by atoms with Crippen molar-refractivity contribution in [2.75, 3.05) is 32.7 Å². The van der Waals surface area contributed by atoms with Crippen LogP contribution in [-0.2, 0) is 4.74 Å². The summed E-state index contributed by atoms with van der Waals surface area (Å²) < 4.78 is 10.5. The van der Waals surface area contributed by atoms with Crippen molar-refractivity contribution in [1.82, 2.24) is 4.90 Å². The summed E-state index contributed by atoms with van der Waals surface area (Å²) in [7, 11) is 1.59. The van der Waals surface area contributed by atoms with E-state index >= 15 is 0 Å². The Morgan fingerprint density at radius 2 is 2.59 bits per heavy atom. The standard InChI is InChI=1S/C11H14ClNO3S/c1-15-8-4-10(17-7-8)11(14)13-2-3-16-9(5-12)6-13/h4,7,9H,2-3,5-6H2,1H3. The van der Waals surface area contributed by atoms with Crippen LogP contribution < -0.4 is 4.74 Å². The number of alkyl halides is 1. The Kier molecular flexibility index (Phi) is 4.25. The molecule has 1 aliphatic heterocycles. The number of carbonyl (C=O) groups excluding carboxylic acids is 1. The van der Waals surface area contributed by atoms with Crippen LogP contribution in [0.25, 0.3) is 0 Å². The summed E-state index contributed by atoms with van der Waals surface area (Å²) in [5, 5.41) is 1.83. The predicted molar refractivity (Wildman–Crippen MR) is 67.2 cm³/mol. The number of halogens is 1. The van der Waals surface area contributed by atoms with Crippen molar-refractivity contribution in [2.24, 2.45) is 0 Å². The maximum absolute atomic E-state index is 12.2. The van der Waals surface area contributed by atoms with E-state index in [-0.39, 0.29) is 12.0 Å². The van der Waals surface area contributed by atoms with Crippen molar-refractivity contribution >= 4 is 28.8 Å². The highest BCUT2D eigenvalue weighted by molar-refractivity contribution is 7.12. The van der Waals surface area contributed by atoms with Gasteiger partial charge < -0.3 is 14.4 Å². The first-order chi connectivity index (χ1) is 8.24. The Morgan fingerprint density at radius 3 is 3.24 bits per heavy atom. The van der Waals surface area contributed by atoms with E-state index in [2.05, 4.69) is 0 Å². The highest BCUT2D eigenvalue weighted by atomic mass is 35.5. The minimum atomic E-state index is -0.0591. The second-order valence-electron chi connectivity index (χ2n) is 3.75. The molecule has 1 aromatic rings.